The molecule has 2 atom stereocenters. The van der Waals surface area contributed by atoms with Gasteiger partial charge in [-0.15, -0.1) is 0 Å². The van der Waals surface area contributed by atoms with Gasteiger partial charge in [0.05, 0.1) is 19.4 Å². The number of fused-ring (bicyclic) bond motifs is 2. The second kappa shape index (κ2) is 16.9. The number of nitrogens with zero attached hydrogens (tertiary/aromatic N) is 4. The molecule has 2 aliphatic heterocycles. The highest BCUT2D eigenvalue weighted by molar-refractivity contribution is 7.53. The highest BCUT2D eigenvalue weighted by atomic mass is 31.2. The summed E-state index contributed by atoms with van der Waals surface area (Å²) in [4.78, 5) is 14.2. The predicted molar refractivity (Wildman–Crippen MR) is 180 cm³/mol. The van der Waals surface area contributed by atoms with Gasteiger partial charge in [-0.25, -0.2) is 0 Å². The van der Waals surface area contributed by atoms with E-state index < -0.39 is 7.60 Å². The number of likely N-dealkylation sites (tertiary alicyclic amines) is 1. The summed E-state index contributed by atoms with van der Waals surface area (Å²) in [5.41, 5.74) is 6.25. The van der Waals surface area contributed by atoms with E-state index in [0.29, 0.717) is 49.1 Å². The van der Waals surface area contributed by atoms with Crippen LogP contribution < -0.4 is 26.6 Å². The van der Waals surface area contributed by atoms with E-state index in [1.54, 1.807) is 0 Å². The van der Waals surface area contributed by atoms with Crippen molar-refractivity contribution < 1.29 is 13.6 Å². The molecular formula is C32H59N8O3P. The predicted octanol–water partition coefficient (Wildman–Crippen LogP) is 4.71. The van der Waals surface area contributed by atoms with Crippen LogP contribution in [0.15, 0.2) is 6.07 Å². The zero-order valence-corrected chi connectivity index (χ0v) is 28.2. The summed E-state index contributed by atoms with van der Waals surface area (Å²) in [6.45, 7) is 11.4. The Morgan fingerprint density at radius 3 is 2.34 bits per heavy atom. The van der Waals surface area contributed by atoms with Gasteiger partial charge in [0.2, 0.25) is 5.95 Å². The largest absolute Gasteiger partial charge is 0.383 e. The van der Waals surface area contributed by atoms with Gasteiger partial charge >= 0.3 is 7.60 Å². The van der Waals surface area contributed by atoms with Crippen LogP contribution in [0.4, 0.5) is 17.6 Å². The molecule has 5 rings (SSSR count). The van der Waals surface area contributed by atoms with Crippen LogP contribution >= 0.6 is 7.60 Å². The summed E-state index contributed by atoms with van der Waals surface area (Å²) in [6.07, 6.45) is 14.8. The number of rotatable bonds is 18. The Labute approximate surface area is 265 Å². The van der Waals surface area contributed by atoms with E-state index in [-0.39, 0.29) is 0 Å². The number of anilines is 3. The Hall–Kier alpha value is -1.49. The third kappa shape index (κ3) is 9.76. The lowest BCUT2D eigenvalue weighted by molar-refractivity contribution is 0.206. The van der Waals surface area contributed by atoms with Crippen LogP contribution in [0.3, 0.4) is 0 Å². The maximum Gasteiger partial charge on any atom is 0.331 e. The molecule has 2 bridgehead atoms. The van der Waals surface area contributed by atoms with E-state index in [1.807, 2.05) is 19.9 Å². The summed E-state index contributed by atoms with van der Waals surface area (Å²) in [6, 6.07) is 3.45. The van der Waals surface area contributed by atoms with E-state index in [0.717, 1.165) is 70.0 Å². The van der Waals surface area contributed by atoms with Gasteiger partial charge in [0, 0.05) is 50.4 Å². The molecule has 1 aromatic rings. The van der Waals surface area contributed by atoms with Crippen molar-refractivity contribution in [2.75, 3.05) is 81.1 Å². The molecule has 4 aliphatic rings. The van der Waals surface area contributed by atoms with Crippen LogP contribution in [0.1, 0.15) is 84.5 Å². The highest BCUT2D eigenvalue weighted by Crippen LogP contribution is 2.48. The first kappa shape index (κ1) is 33.9. The molecular weight excluding hydrogens is 575 g/mol. The monoisotopic (exact) mass is 634 g/mol. The Morgan fingerprint density at radius 1 is 0.932 bits per heavy atom. The molecule has 11 nitrogen and oxygen atoms in total. The van der Waals surface area contributed by atoms with Crippen molar-refractivity contribution in [1.82, 2.24) is 25.5 Å². The van der Waals surface area contributed by atoms with E-state index in [2.05, 4.69) is 30.7 Å². The Bertz CT molecular complexity index is 1040. The first-order valence-corrected chi connectivity index (χ1v) is 19.4. The van der Waals surface area contributed by atoms with Crippen LogP contribution in [0.25, 0.3) is 0 Å². The molecule has 2 aliphatic carbocycles. The lowest BCUT2D eigenvalue weighted by Crippen LogP contribution is -2.47. The van der Waals surface area contributed by atoms with Gasteiger partial charge in [-0.1, -0.05) is 19.3 Å². The van der Waals surface area contributed by atoms with Crippen molar-refractivity contribution in [3.05, 3.63) is 6.07 Å². The van der Waals surface area contributed by atoms with Crippen LogP contribution in [0.5, 0.6) is 0 Å². The van der Waals surface area contributed by atoms with Gasteiger partial charge in [-0.2, -0.15) is 9.97 Å². The second-order valence-electron chi connectivity index (χ2n) is 13.4. The molecule has 0 aromatic carbocycles. The van der Waals surface area contributed by atoms with Crippen molar-refractivity contribution in [2.24, 2.45) is 11.8 Å². The van der Waals surface area contributed by atoms with Crippen molar-refractivity contribution in [3.8, 4) is 0 Å². The Morgan fingerprint density at radius 2 is 1.66 bits per heavy atom. The van der Waals surface area contributed by atoms with Crippen molar-refractivity contribution in [3.63, 3.8) is 0 Å². The van der Waals surface area contributed by atoms with Crippen LogP contribution in [-0.4, -0.2) is 98.2 Å². The maximum absolute atomic E-state index is 12.9. The smallest absolute Gasteiger partial charge is 0.331 e. The molecule has 5 N–H and O–H groups in total. The summed E-state index contributed by atoms with van der Waals surface area (Å²) in [7, 11) is -3.02. The second-order valence-corrected chi connectivity index (χ2v) is 15.6. The topological polar surface area (TPSA) is 130 Å². The minimum absolute atomic E-state index is 0.373. The minimum atomic E-state index is -3.02. The maximum atomic E-state index is 12.9. The third-order valence-electron chi connectivity index (χ3n) is 10.2. The molecule has 250 valence electrons. The number of nitrogens with two attached hydrogens (primary N) is 1. The SMILES string of the molecule is CCOP(=O)(CCN1CC2CC1CN2c1cc(N)nc(NCC2CCC(CNCCCNC3CCCCC3)CC2)n1)OCC. The fourth-order valence-corrected chi connectivity index (χ4v) is 9.42. The van der Waals surface area contributed by atoms with Crippen molar-refractivity contribution in [1.29, 1.82) is 0 Å². The molecule has 2 saturated carbocycles. The zero-order valence-electron chi connectivity index (χ0n) is 27.4. The van der Waals surface area contributed by atoms with Gasteiger partial charge in [0.1, 0.15) is 11.6 Å². The number of hydrogen-bond acceptors (Lipinski definition) is 11. The van der Waals surface area contributed by atoms with Crippen molar-refractivity contribution in [2.45, 2.75) is 103 Å². The quantitative estimate of drug-likeness (QED) is 0.132. The molecule has 0 spiro atoms. The number of aromatic nitrogens is 2. The van der Waals surface area contributed by atoms with E-state index in [4.69, 9.17) is 19.8 Å². The standard InChI is InChI=1S/C32H59N8O3P/c1-3-42-44(41,43-4-2)18-17-39-23-29-19-28(39)24-40(29)31-20-30(33)37-32(38-31)36-22-26-13-11-25(12-14-26)21-34-15-8-16-35-27-9-6-5-7-10-27/h20,25-29,34-35H,3-19,21-24H2,1-2H3,(H3,33,36,37,38). The van der Waals surface area contributed by atoms with E-state index in [1.165, 1.54) is 64.2 Å². The average molecular weight is 635 g/mol. The molecule has 0 radical (unpaired) electrons. The Balaban J connectivity index is 0.986. The average Bonchev–Trinajstić information content (AvgIpc) is 3.63. The number of hydrogen-bond donors (Lipinski definition) is 4. The van der Waals surface area contributed by atoms with Gasteiger partial charge in [-0.3, -0.25) is 9.46 Å². The van der Waals surface area contributed by atoms with Crippen LogP contribution in [0.2, 0.25) is 0 Å². The van der Waals surface area contributed by atoms with Gasteiger partial charge in [-0.05, 0) is 96.7 Å². The van der Waals surface area contributed by atoms with Crippen molar-refractivity contribution >= 4 is 25.2 Å². The van der Waals surface area contributed by atoms with Gasteiger partial charge < -0.3 is 35.6 Å². The number of nitrogens with one attached hydrogen (secondary N) is 3. The lowest BCUT2D eigenvalue weighted by Gasteiger charge is -2.35. The molecule has 0 amide bonds. The van der Waals surface area contributed by atoms with Crippen LogP contribution in [0, 0.1) is 11.8 Å². The molecule has 2 unspecified atom stereocenters. The fraction of sp³-hybridized carbons (Fsp3) is 0.875. The molecule has 2 saturated heterocycles. The van der Waals surface area contributed by atoms with E-state index >= 15 is 0 Å². The van der Waals surface area contributed by atoms with E-state index in [9.17, 15) is 4.57 Å². The summed E-state index contributed by atoms with van der Waals surface area (Å²) < 4.78 is 23.9. The minimum Gasteiger partial charge on any atom is -0.383 e. The number of nitrogen functional groups attached to an aromatic ring is 1. The highest BCUT2D eigenvalue weighted by Gasteiger charge is 2.44. The first-order valence-electron chi connectivity index (χ1n) is 17.7. The molecule has 44 heavy (non-hydrogen) atoms. The molecule has 12 heteroatoms. The van der Waals surface area contributed by atoms with Crippen LogP contribution in [-0.2, 0) is 13.6 Å². The summed E-state index contributed by atoms with van der Waals surface area (Å²) in [5, 5.41) is 11.0. The summed E-state index contributed by atoms with van der Waals surface area (Å²) >= 11 is 0. The zero-order chi connectivity index (χ0) is 30.8. The molecule has 1 aromatic heterocycles. The fourth-order valence-electron chi connectivity index (χ4n) is 7.80. The van der Waals surface area contributed by atoms with Gasteiger partial charge in [0.15, 0.2) is 0 Å². The Kier molecular flexibility index (Phi) is 13.0. The summed E-state index contributed by atoms with van der Waals surface area (Å²) in [5.74, 6) is 3.50. The van der Waals surface area contributed by atoms with Gasteiger partial charge in [0.25, 0.3) is 0 Å². The normalized spacial score (nSPS) is 26.5. The third-order valence-corrected chi connectivity index (χ3v) is 12.3. The molecule has 4 fully saturated rings. The molecule has 3 heterocycles. The lowest BCUT2D eigenvalue weighted by atomic mass is 9.82. The number of piperazine rings is 1. The first-order chi connectivity index (χ1) is 21.4.